The Kier molecular flexibility index (Phi) is 12.8. The van der Waals surface area contributed by atoms with Crippen molar-refractivity contribution in [2.45, 2.75) is 19.8 Å². The normalized spacial score (nSPS) is 11.3. The van der Waals surface area contributed by atoms with Crippen LogP contribution in [0.4, 0.5) is 0 Å². The number of nitrogens with zero attached hydrogens (tertiary/aromatic N) is 1. The van der Waals surface area contributed by atoms with Crippen LogP contribution in [0.5, 0.6) is 0 Å². The molecule has 0 aliphatic heterocycles. The van der Waals surface area contributed by atoms with Crippen molar-refractivity contribution in [2.24, 2.45) is 4.99 Å². The van der Waals surface area contributed by atoms with Crippen molar-refractivity contribution in [3.05, 3.63) is 48.0 Å². The van der Waals surface area contributed by atoms with Gasteiger partial charge in [0.15, 0.2) is 5.96 Å². The van der Waals surface area contributed by atoms with Gasteiger partial charge in [-0.1, -0.05) is 42.5 Å². The Morgan fingerprint density at radius 3 is 2.59 bits per heavy atom. The van der Waals surface area contributed by atoms with E-state index in [0.29, 0.717) is 19.8 Å². The van der Waals surface area contributed by atoms with Crippen molar-refractivity contribution in [3.63, 3.8) is 0 Å². The lowest BCUT2D eigenvalue weighted by molar-refractivity contribution is 0.0702. The maximum atomic E-state index is 5.45. The molecule has 27 heavy (non-hydrogen) atoms. The van der Waals surface area contributed by atoms with Gasteiger partial charge >= 0.3 is 0 Å². The van der Waals surface area contributed by atoms with E-state index in [2.05, 4.69) is 65.0 Å². The maximum Gasteiger partial charge on any atom is 0.191 e. The van der Waals surface area contributed by atoms with E-state index in [4.69, 9.17) is 9.47 Å². The fourth-order valence-electron chi connectivity index (χ4n) is 2.66. The summed E-state index contributed by atoms with van der Waals surface area (Å²) in [5.41, 5.74) is 1.33. The van der Waals surface area contributed by atoms with E-state index in [-0.39, 0.29) is 24.0 Å². The van der Waals surface area contributed by atoms with Gasteiger partial charge in [0.2, 0.25) is 0 Å². The minimum absolute atomic E-state index is 0. The number of nitrogens with one attached hydrogen (secondary N) is 2. The van der Waals surface area contributed by atoms with Crippen molar-refractivity contribution in [3.8, 4) is 0 Å². The number of benzene rings is 2. The molecule has 0 spiro atoms. The summed E-state index contributed by atoms with van der Waals surface area (Å²) >= 11 is 0. The first-order valence-corrected chi connectivity index (χ1v) is 9.40. The fourth-order valence-corrected chi connectivity index (χ4v) is 2.66. The third kappa shape index (κ3) is 9.39. The van der Waals surface area contributed by atoms with Crippen LogP contribution in [0, 0.1) is 0 Å². The van der Waals surface area contributed by atoms with Crippen LogP contribution in [0.2, 0.25) is 0 Å². The lowest BCUT2D eigenvalue weighted by Gasteiger charge is -2.11. The monoisotopic (exact) mass is 485 g/mol. The predicted octanol–water partition coefficient (Wildman–Crippen LogP) is 3.61. The largest absolute Gasteiger partial charge is 0.382 e. The second kappa shape index (κ2) is 14.6. The van der Waals surface area contributed by atoms with E-state index in [1.54, 1.807) is 7.11 Å². The molecule has 0 saturated carbocycles. The first-order valence-electron chi connectivity index (χ1n) is 9.40. The Bertz CT molecular complexity index is 679. The standard InChI is InChI=1S/C21H31N3O2.HI/c1-3-22-21(23-12-6-14-26-16-15-25-2)24-13-11-18-9-10-19-7-4-5-8-20(19)17-18;/h4-5,7-10,17H,3,6,11-16H2,1-2H3,(H2,22,23,24);1H. The van der Waals surface area contributed by atoms with Gasteiger partial charge < -0.3 is 20.1 Å². The molecule has 2 N–H and O–H groups in total. The number of fused-ring (bicyclic) bond motifs is 1. The molecule has 0 fully saturated rings. The van der Waals surface area contributed by atoms with Crippen molar-refractivity contribution >= 4 is 40.7 Å². The lowest BCUT2D eigenvalue weighted by Crippen LogP contribution is -2.38. The molecule has 2 aromatic rings. The molecule has 6 heteroatoms. The Morgan fingerprint density at radius 2 is 1.81 bits per heavy atom. The first-order chi connectivity index (χ1) is 12.8. The van der Waals surface area contributed by atoms with Crippen LogP contribution in [0.15, 0.2) is 47.5 Å². The topological polar surface area (TPSA) is 54.9 Å². The molecule has 0 aromatic heterocycles. The minimum atomic E-state index is 0. The van der Waals surface area contributed by atoms with Gasteiger partial charge in [0.05, 0.1) is 13.2 Å². The van der Waals surface area contributed by atoms with Gasteiger partial charge in [-0.2, -0.15) is 0 Å². The van der Waals surface area contributed by atoms with Gasteiger partial charge in [-0.25, -0.2) is 0 Å². The Morgan fingerprint density at radius 1 is 1.00 bits per heavy atom. The second-order valence-electron chi connectivity index (χ2n) is 6.08. The van der Waals surface area contributed by atoms with E-state index in [0.717, 1.165) is 38.4 Å². The zero-order chi connectivity index (χ0) is 18.5. The molecule has 0 atom stereocenters. The van der Waals surface area contributed by atoms with E-state index >= 15 is 0 Å². The van der Waals surface area contributed by atoms with Gasteiger partial charge in [-0.15, -0.1) is 24.0 Å². The van der Waals surface area contributed by atoms with E-state index in [9.17, 15) is 0 Å². The van der Waals surface area contributed by atoms with Gasteiger partial charge in [-0.3, -0.25) is 4.99 Å². The maximum absolute atomic E-state index is 5.45. The van der Waals surface area contributed by atoms with Gasteiger partial charge in [-0.05, 0) is 36.1 Å². The van der Waals surface area contributed by atoms with Crippen LogP contribution >= 0.6 is 24.0 Å². The minimum Gasteiger partial charge on any atom is -0.382 e. The Hall–Kier alpha value is -1.38. The van der Waals surface area contributed by atoms with Crippen LogP contribution < -0.4 is 10.6 Å². The average molecular weight is 485 g/mol. The van der Waals surface area contributed by atoms with Crippen molar-refractivity contribution in [1.82, 2.24) is 10.6 Å². The quantitative estimate of drug-likeness (QED) is 0.221. The number of methoxy groups -OCH3 is 1. The zero-order valence-corrected chi connectivity index (χ0v) is 18.7. The summed E-state index contributed by atoms with van der Waals surface area (Å²) in [7, 11) is 1.68. The predicted molar refractivity (Wildman–Crippen MR) is 124 cm³/mol. The Balaban J connectivity index is 0.00000364. The third-order valence-electron chi connectivity index (χ3n) is 4.01. The van der Waals surface area contributed by atoms with E-state index < -0.39 is 0 Å². The molecule has 2 rings (SSSR count). The number of rotatable bonds is 11. The van der Waals surface area contributed by atoms with Crippen LogP contribution in [0.1, 0.15) is 18.9 Å². The number of aliphatic imine (C=N–C) groups is 1. The summed E-state index contributed by atoms with van der Waals surface area (Å²) < 4.78 is 10.4. The molecule has 0 heterocycles. The summed E-state index contributed by atoms with van der Waals surface area (Å²) in [5, 5.41) is 9.27. The van der Waals surface area contributed by atoms with Crippen molar-refractivity contribution in [2.75, 3.05) is 46.6 Å². The summed E-state index contributed by atoms with van der Waals surface area (Å²) in [6.45, 7) is 6.53. The molecule has 0 bridgehead atoms. The Labute approximate surface area is 179 Å². The van der Waals surface area contributed by atoms with Crippen LogP contribution in [-0.2, 0) is 15.9 Å². The number of ether oxygens (including phenoxy) is 2. The molecule has 0 aliphatic rings. The fraction of sp³-hybridized carbons (Fsp3) is 0.476. The van der Waals surface area contributed by atoms with Crippen LogP contribution in [0.25, 0.3) is 10.8 Å². The second-order valence-corrected chi connectivity index (χ2v) is 6.08. The van der Waals surface area contributed by atoms with Crippen LogP contribution in [0.3, 0.4) is 0 Å². The zero-order valence-electron chi connectivity index (χ0n) is 16.4. The number of guanidine groups is 1. The SMILES string of the molecule is CCNC(=NCCCOCCOC)NCCc1ccc2ccccc2c1.I. The summed E-state index contributed by atoms with van der Waals surface area (Å²) in [4.78, 5) is 4.60. The molecule has 0 aliphatic carbocycles. The molecule has 0 unspecified atom stereocenters. The molecule has 5 nitrogen and oxygen atoms in total. The molecule has 2 aromatic carbocycles. The van der Waals surface area contributed by atoms with Crippen molar-refractivity contribution in [1.29, 1.82) is 0 Å². The number of hydrogen-bond acceptors (Lipinski definition) is 3. The highest BCUT2D eigenvalue weighted by Crippen LogP contribution is 2.15. The highest BCUT2D eigenvalue weighted by Gasteiger charge is 1.99. The smallest absolute Gasteiger partial charge is 0.191 e. The van der Waals surface area contributed by atoms with E-state index in [1.807, 2.05) is 0 Å². The molecule has 0 radical (unpaired) electrons. The van der Waals surface area contributed by atoms with Gasteiger partial charge in [0.1, 0.15) is 0 Å². The summed E-state index contributed by atoms with van der Waals surface area (Å²) in [6.07, 6.45) is 1.88. The van der Waals surface area contributed by atoms with Crippen molar-refractivity contribution < 1.29 is 9.47 Å². The third-order valence-corrected chi connectivity index (χ3v) is 4.01. The molecule has 0 saturated heterocycles. The van der Waals surface area contributed by atoms with Gasteiger partial charge in [0, 0.05) is 33.4 Å². The van der Waals surface area contributed by atoms with E-state index in [1.165, 1.54) is 16.3 Å². The molecular weight excluding hydrogens is 453 g/mol. The first kappa shape index (κ1) is 23.7. The number of halogens is 1. The molecule has 0 amide bonds. The average Bonchev–Trinajstić information content (AvgIpc) is 2.67. The highest BCUT2D eigenvalue weighted by atomic mass is 127. The van der Waals surface area contributed by atoms with Crippen LogP contribution in [-0.4, -0.2) is 52.5 Å². The lowest BCUT2D eigenvalue weighted by atomic mass is 10.1. The molecular formula is C21H32IN3O2. The molecule has 150 valence electrons. The van der Waals surface area contributed by atoms with Gasteiger partial charge in [0.25, 0.3) is 0 Å². The number of hydrogen-bond donors (Lipinski definition) is 2. The summed E-state index contributed by atoms with van der Waals surface area (Å²) in [6, 6.07) is 15.1. The summed E-state index contributed by atoms with van der Waals surface area (Å²) in [5.74, 6) is 0.866. The highest BCUT2D eigenvalue weighted by molar-refractivity contribution is 14.0.